The van der Waals surface area contributed by atoms with E-state index in [1.165, 1.54) is 6.92 Å². The van der Waals surface area contributed by atoms with E-state index in [1.54, 1.807) is 6.07 Å². The lowest BCUT2D eigenvalue weighted by molar-refractivity contribution is 0.101. The Bertz CT molecular complexity index is 371. The molecular formula is C12H13FO. The summed E-state index contributed by atoms with van der Waals surface area (Å²) in [5.74, 6) is -0.0357. The molecule has 2 rings (SSSR count). The van der Waals surface area contributed by atoms with E-state index in [0.717, 1.165) is 18.4 Å². The normalized spacial score (nSPS) is 20.3. The summed E-state index contributed by atoms with van der Waals surface area (Å²) in [4.78, 5) is 11.3. The van der Waals surface area contributed by atoms with E-state index in [0.29, 0.717) is 17.5 Å². The van der Waals surface area contributed by atoms with Gasteiger partial charge < -0.3 is 0 Å². The van der Waals surface area contributed by atoms with E-state index in [4.69, 9.17) is 0 Å². The summed E-state index contributed by atoms with van der Waals surface area (Å²) in [5, 5.41) is 0. The van der Waals surface area contributed by atoms with Crippen LogP contribution in [0.2, 0.25) is 0 Å². The summed E-state index contributed by atoms with van der Waals surface area (Å²) in [7, 11) is 0. The highest BCUT2D eigenvalue weighted by atomic mass is 19.1. The van der Waals surface area contributed by atoms with Gasteiger partial charge in [0.2, 0.25) is 0 Å². The zero-order valence-corrected chi connectivity index (χ0v) is 8.22. The molecule has 2 heteroatoms. The number of Topliss-reactive ketones (excluding diaryl/α,β-unsaturated/α-hetero) is 1. The van der Waals surface area contributed by atoms with E-state index < -0.39 is 6.17 Å². The van der Waals surface area contributed by atoms with Gasteiger partial charge >= 0.3 is 0 Å². The summed E-state index contributed by atoms with van der Waals surface area (Å²) in [5.41, 5.74) is 2.22. The molecule has 0 spiro atoms. The molecule has 0 saturated heterocycles. The first-order valence-electron chi connectivity index (χ1n) is 4.97. The monoisotopic (exact) mass is 192 g/mol. The first-order valence-corrected chi connectivity index (χ1v) is 4.97. The quantitative estimate of drug-likeness (QED) is 0.624. The number of fused-ring (bicyclic) bond motifs is 1. The van der Waals surface area contributed by atoms with Gasteiger partial charge in [0.05, 0.1) is 0 Å². The number of hydrogen-bond acceptors (Lipinski definition) is 1. The third kappa shape index (κ3) is 1.45. The molecule has 1 aromatic carbocycles. The van der Waals surface area contributed by atoms with Gasteiger partial charge in [-0.2, -0.15) is 0 Å². The van der Waals surface area contributed by atoms with Crippen molar-refractivity contribution in [2.24, 2.45) is 0 Å². The smallest absolute Gasteiger partial charge is 0.160 e. The van der Waals surface area contributed by atoms with Crippen LogP contribution in [0, 0.1) is 0 Å². The highest BCUT2D eigenvalue weighted by Gasteiger charge is 2.23. The molecular weight excluding hydrogens is 179 g/mol. The van der Waals surface area contributed by atoms with Gasteiger partial charge in [0.1, 0.15) is 6.17 Å². The van der Waals surface area contributed by atoms with Crippen LogP contribution in [0.5, 0.6) is 0 Å². The van der Waals surface area contributed by atoms with Crippen molar-refractivity contribution in [3.8, 4) is 0 Å². The lowest BCUT2D eigenvalue weighted by atomic mass is 9.86. The van der Waals surface area contributed by atoms with Crippen LogP contribution >= 0.6 is 0 Å². The maximum absolute atomic E-state index is 13.6. The van der Waals surface area contributed by atoms with Crippen LogP contribution in [0.25, 0.3) is 0 Å². The van der Waals surface area contributed by atoms with E-state index >= 15 is 0 Å². The van der Waals surface area contributed by atoms with Gasteiger partial charge in [-0.1, -0.05) is 18.2 Å². The fraction of sp³-hybridized carbons (Fsp3) is 0.417. The molecule has 0 aliphatic heterocycles. The van der Waals surface area contributed by atoms with Crippen molar-refractivity contribution in [3.05, 3.63) is 34.9 Å². The van der Waals surface area contributed by atoms with Crippen molar-refractivity contribution in [2.45, 2.75) is 32.4 Å². The van der Waals surface area contributed by atoms with Crippen molar-refractivity contribution >= 4 is 5.78 Å². The molecule has 74 valence electrons. The molecule has 1 aromatic rings. The van der Waals surface area contributed by atoms with Gasteiger partial charge in [0.15, 0.2) is 5.78 Å². The Morgan fingerprint density at radius 1 is 1.50 bits per heavy atom. The molecule has 0 amide bonds. The van der Waals surface area contributed by atoms with E-state index in [2.05, 4.69) is 0 Å². The van der Waals surface area contributed by atoms with Gasteiger partial charge in [-0.3, -0.25) is 4.79 Å². The molecule has 0 aromatic heterocycles. The zero-order valence-electron chi connectivity index (χ0n) is 8.22. The van der Waals surface area contributed by atoms with Crippen LogP contribution in [-0.2, 0) is 6.42 Å². The summed E-state index contributed by atoms with van der Waals surface area (Å²) in [6, 6.07) is 5.49. The number of alkyl halides is 1. The number of aryl methyl sites for hydroxylation is 1. The Morgan fingerprint density at radius 2 is 2.29 bits per heavy atom. The van der Waals surface area contributed by atoms with Crippen molar-refractivity contribution in [3.63, 3.8) is 0 Å². The van der Waals surface area contributed by atoms with Gasteiger partial charge in [0, 0.05) is 5.56 Å². The standard InChI is InChI=1S/C12H13FO/c1-8(14)10-6-2-4-9-5-3-7-11(13)12(9)10/h2,4,6,11H,3,5,7H2,1H3. The molecule has 1 atom stereocenters. The average molecular weight is 192 g/mol. The molecule has 0 fully saturated rings. The number of benzene rings is 1. The molecule has 1 unspecified atom stereocenters. The zero-order chi connectivity index (χ0) is 10.1. The van der Waals surface area contributed by atoms with E-state index in [9.17, 15) is 9.18 Å². The maximum Gasteiger partial charge on any atom is 0.160 e. The Hall–Kier alpha value is -1.18. The molecule has 1 aliphatic rings. The number of ketones is 1. The van der Waals surface area contributed by atoms with Crippen LogP contribution in [0.1, 0.15) is 47.4 Å². The lowest BCUT2D eigenvalue weighted by Crippen LogP contribution is -2.11. The van der Waals surface area contributed by atoms with Crippen molar-refractivity contribution in [1.29, 1.82) is 0 Å². The van der Waals surface area contributed by atoms with Crippen LogP contribution in [-0.4, -0.2) is 5.78 Å². The van der Waals surface area contributed by atoms with Crippen molar-refractivity contribution in [2.75, 3.05) is 0 Å². The van der Waals surface area contributed by atoms with E-state index in [1.807, 2.05) is 12.1 Å². The number of carbonyl (C=O) groups excluding carboxylic acids is 1. The Labute approximate surface area is 82.9 Å². The summed E-state index contributed by atoms with van der Waals surface area (Å²) in [6.07, 6.45) is 1.39. The molecule has 0 bridgehead atoms. The van der Waals surface area contributed by atoms with Crippen molar-refractivity contribution in [1.82, 2.24) is 0 Å². The van der Waals surface area contributed by atoms with Crippen LogP contribution in [0.3, 0.4) is 0 Å². The van der Waals surface area contributed by atoms with E-state index in [-0.39, 0.29) is 5.78 Å². The Kier molecular flexibility index (Phi) is 2.36. The summed E-state index contributed by atoms with van der Waals surface area (Å²) >= 11 is 0. The van der Waals surface area contributed by atoms with Crippen LogP contribution < -0.4 is 0 Å². The minimum atomic E-state index is -0.946. The molecule has 0 N–H and O–H groups in total. The minimum absolute atomic E-state index is 0.0357. The van der Waals surface area contributed by atoms with Gasteiger partial charge in [-0.05, 0) is 37.3 Å². The number of hydrogen-bond donors (Lipinski definition) is 0. The minimum Gasteiger partial charge on any atom is -0.294 e. The first-order chi connectivity index (χ1) is 6.70. The number of halogens is 1. The third-order valence-corrected chi connectivity index (χ3v) is 2.79. The van der Waals surface area contributed by atoms with Gasteiger partial charge in [-0.15, -0.1) is 0 Å². The molecule has 0 heterocycles. The predicted molar refractivity (Wildman–Crippen MR) is 53.2 cm³/mol. The molecule has 1 nitrogen and oxygen atoms in total. The molecule has 0 saturated carbocycles. The third-order valence-electron chi connectivity index (χ3n) is 2.79. The van der Waals surface area contributed by atoms with Crippen molar-refractivity contribution < 1.29 is 9.18 Å². The highest BCUT2D eigenvalue weighted by Crippen LogP contribution is 2.35. The Balaban J connectivity index is 2.57. The number of carbonyl (C=O) groups is 1. The fourth-order valence-corrected chi connectivity index (χ4v) is 2.12. The predicted octanol–water partition coefficient (Wildman–Crippen LogP) is 3.24. The first kappa shape index (κ1) is 9.38. The lowest BCUT2D eigenvalue weighted by Gasteiger charge is -2.21. The summed E-state index contributed by atoms with van der Waals surface area (Å²) in [6.45, 7) is 1.50. The fourth-order valence-electron chi connectivity index (χ4n) is 2.12. The van der Waals surface area contributed by atoms with Gasteiger partial charge in [-0.25, -0.2) is 4.39 Å². The second-order valence-electron chi connectivity index (χ2n) is 3.79. The second-order valence-corrected chi connectivity index (χ2v) is 3.79. The maximum atomic E-state index is 13.6. The van der Waals surface area contributed by atoms with Crippen LogP contribution in [0.15, 0.2) is 18.2 Å². The average Bonchev–Trinajstić information content (AvgIpc) is 2.17. The van der Waals surface area contributed by atoms with Crippen LogP contribution in [0.4, 0.5) is 4.39 Å². The Morgan fingerprint density at radius 3 is 3.00 bits per heavy atom. The molecule has 1 aliphatic carbocycles. The summed E-state index contributed by atoms with van der Waals surface area (Å²) < 4.78 is 13.6. The molecule has 0 radical (unpaired) electrons. The second kappa shape index (κ2) is 3.52. The number of rotatable bonds is 1. The highest BCUT2D eigenvalue weighted by molar-refractivity contribution is 5.96. The largest absolute Gasteiger partial charge is 0.294 e. The molecule has 14 heavy (non-hydrogen) atoms. The SMILES string of the molecule is CC(=O)c1cccc2c1C(F)CCC2. The topological polar surface area (TPSA) is 17.1 Å². The van der Waals surface area contributed by atoms with Gasteiger partial charge in [0.25, 0.3) is 0 Å².